The molecular formula is C32H31N3O2S. The molecule has 4 bridgehead atoms. The van der Waals surface area contributed by atoms with Crippen molar-refractivity contribution in [2.24, 2.45) is 23.2 Å². The summed E-state index contributed by atoms with van der Waals surface area (Å²) in [6, 6.07) is 24.2. The van der Waals surface area contributed by atoms with Crippen LogP contribution in [-0.2, 0) is 4.79 Å². The number of amides is 1. The predicted octanol–water partition coefficient (Wildman–Crippen LogP) is 7.58. The number of fused-ring (bicyclic) bond motifs is 1. The molecule has 4 aromatic rings. The molecule has 38 heavy (non-hydrogen) atoms. The number of aromatic nitrogens is 1. The molecule has 0 aliphatic heterocycles. The van der Waals surface area contributed by atoms with Gasteiger partial charge in [0, 0.05) is 17.7 Å². The Morgan fingerprint density at radius 1 is 0.868 bits per heavy atom. The maximum Gasteiger partial charge on any atom is 0.227 e. The number of hydrogen-bond donors (Lipinski definition) is 2. The van der Waals surface area contributed by atoms with Crippen molar-refractivity contribution in [2.45, 2.75) is 44.9 Å². The van der Waals surface area contributed by atoms with Crippen LogP contribution < -0.4 is 10.6 Å². The summed E-state index contributed by atoms with van der Waals surface area (Å²) in [5.74, 6) is 3.11. The molecule has 0 unspecified atom stereocenters. The fourth-order valence-electron chi connectivity index (χ4n) is 7.74. The van der Waals surface area contributed by atoms with Gasteiger partial charge in [0.15, 0.2) is 10.7 Å². The monoisotopic (exact) mass is 521 g/mol. The van der Waals surface area contributed by atoms with Crippen molar-refractivity contribution in [1.29, 1.82) is 0 Å². The van der Waals surface area contributed by atoms with E-state index in [0.29, 0.717) is 23.0 Å². The molecule has 4 saturated carbocycles. The van der Waals surface area contributed by atoms with Gasteiger partial charge in [-0.2, -0.15) is 0 Å². The van der Waals surface area contributed by atoms with Crippen LogP contribution in [0.2, 0.25) is 0 Å². The van der Waals surface area contributed by atoms with Crippen LogP contribution in [0.1, 0.15) is 44.9 Å². The largest absolute Gasteiger partial charge is 0.436 e. The lowest BCUT2D eigenvalue weighted by Crippen LogP contribution is -2.48. The second-order valence-corrected chi connectivity index (χ2v) is 12.1. The number of anilines is 1. The van der Waals surface area contributed by atoms with E-state index in [1.54, 1.807) is 0 Å². The van der Waals surface area contributed by atoms with E-state index < -0.39 is 0 Å². The molecule has 2 N–H and O–H groups in total. The summed E-state index contributed by atoms with van der Waals surface area (Å²) >= 11 is 5.49. The number of thiocarbonyl (C=S) groups is 1. The van der Waals surface area contributed by atoms with E-state index >= 15 is 0 Å². The first-order valence-corrected chi connectivity index (χ1v) is 14.1. The maximum absolute atomic E-state index is 12.9. The summed E-state index contributed by atoms with van der Waals surface area (Å²) in [7, 11) is 0. The van der Waals surface area contributed by atoms with Crippen molar-refractivity contribution >= 4 is 40.0 Å². The highest BCUT2D eigenvalue weighted by Crippen LogP contribution is 2.61. The summed E-state index contributed by atoms with van der Waals surface area (Å²) in [4.78, 5) is 17.6. The van der Waals surface area contributed by atoms with E-state index in [4.69, 9.17) is 21.6 Å². The zero-order valence-electron chi connectivity index (χ0n) is 21.3. The van der Waals surface area contributed by atoms with Gasteiger partial charge in [0.2, 0.25) is 11.8 Å². The average molecular weight is 522 g/mol. The van der Waals surface area contributed by atoms with Gasteiger partial charge in [-0.05, 0) is 115 Å². The molecule has 8 rings (SSSR count). The Morgan fingerprint density at radius 3 is 2.18 bits per heavy atom. The van der Waals surface area contributed by atoms with Crippen molar-refractivity contribution in [3.05, 3.63) is 72.8 Å². The zero-order chi connectivity index (χ0) is 25.7. The highest BCUT2D eigenvalue weighted by atomic mass is 32.1. The SMILES string of the molecule is O=C(CC12CC3CC(CC(C3)C1)C2)NC(=S)Nc1ccc2oc(-c3ccc(-c4ccccc4)cc3)nc2c1. The number of oxazole rings is 1. The fourth-order valence-corrected chi connectivity index (χ4v) is 7.98. The Labute approximate surface area is 228 Å². The third-order valence-electron chi connectivity index (χ3n) is 8.84. The highest BCUT2D eigenvalue weighted by Gasteiger charge is 2.51. The van der Waals surface area contributed by atoms with Crippen LogP contribution in [0, 0.1) is 23.2 Å². The summed E-state index contributed by atoms with van der Waals surface area (Å²) < 4.78 is 6.02. The van der Waals surface area contributed by atoms with Gasteiger partial charge in [-0.15, -0.1) is 0 Å². The summed E-state index contributed by atoms with van der Waals surface area (Å²) in [6.45, 7) is 0. The van der Waals surface area contributed by atoms with E-state index in [9.17, 15) is 4.79 Å². The number of benzene rings is 3. The Kier molecular flexibility index (Phi) is 5.81. The second-order valence-electron chi connectivity index (χ2n) is 11.7. The van der Waals surface area contributed by atoms with E-state index in [1.165, 1.54) is 44.1 Å². The van der Waals surface area contributed by atoms with Crippen molar-refractivity contribution in [2.75, 3.05) is 5.32 Å². The Hall–Kier alpha value is -3.51. The lowest BCUT2D eigenvalue weighted by Gasteiger charge is -2.56. The summed E-state index contributed by atoms with van der Waals surface area (Å²) in [5.41, 5.74) is 5.65. The number of carbonyl (C=O) groups excluding carboxylic acids is 1. The van der Waals surface area contributed by atoms with Crippen LogP contribution in [0.25, 0.3) is 33.7 Å². The van der Waals surface area contributed by atoms with Gasteiger partial charge in [-0.3, -0.25) is 4.79 Å². The van der Waals surface area contributed by atoms with Crippen LogP contribution in [-0.4, -0.2) is 16.0 Å². The topological polar surface area (TPSA) is 67.2 Å². The van der Waals surface area contributed by atoms with E-state index in [-0.39, 0.29) is 11.3 Å². The molecule has 1 heterocycles. The van der Waals surface area contributed by atoms with Crippen LogP contribution in [0.4, 0.5) is 5.69 Å². The Morgan fingerprint density at radius 2 is 1.50 bits per heavy atom. The van der Waals surface area contributed by atoms with Crippen molar-refractivity contribution in [1.82, 2.24) is 10.3 Å². The summed E-state index contributed by atoms with van der Waals surface area (Å²) in [5, 5.41) is 6.44. The third-order valence-corrected chi connectivity index (χ3v) is 9.04. The van der Waals surface area contributed by atoms with Crippen molar-refractivity contribution in [3.63, 3.8) is 0 Å². The lowest BCUT2D eigenvalue weighted by atomic mass is 9.49. The predicted molar refractivity (Wildman–Crippen MR) is 154 cm³/mol. The van der Waals surface area contributed by atoms with Gasteiger partial charge in [0.25, 0.3) is 0 Å². The molecule has 4 fully saturated rings. The molecule has 0 atom stereocenters. The van der Waals surface area contributed by atoms with Crippen LogP contribution in [0.15, 0.2) is 77.2 Å². The van der Waals surface area contributed by atoms with Gasteiger partial charge in [0.05, 0.1) is 0 Å². The number of nitrogens with zero attached hydrogens (tertiary/aromatic N) is 1. The normalized spacial score (nSPS) is 25.4. The number of hydrogen-bond acceptors (Lipinski definition) is 4. The van der Waals surface area contributed by atoms with Gasteiger partial charge < -0.3 is 15.1 Å². The van der Waals surface area contributed by atoms with E-state index in [1.807, 2.05) is 48.5 Å². The minimum absolute atomic E-state index is 0.0354. The molecule has 4 aliphatic rings. The third kappa shape index (κ3) is 4.62. The lowest BCUT2D eigenvalue weighted by molar-refractivity contribution is -0.127. The molecule has 4 aliphatic carbocycles. The quantitative estimate of drug-likeness (QED) is 0.265. The molecule has 0 saturated heterocycles. The second kappa shape index (κ2) is 9.35. The molecule has 3 aromatic carbocycles. The molecule has 0 radical (unpaired) electrons. The Balaban J connectivity index is 1.00. The molecule has 1 aromatic heterocycles. The first kappa shape index (κ1) is 23.6. The number of carbonyl (C=O) groups is 1. The smallest absolute Gasteiger partial charge is 0.227 e. The van der Waals surface area contributed by atoms with Gasteiger partial charge >= 0.3 is 0 Å². The van der Waals surface area contributed by atoms with E-state index in [0.717, 1.165) is 40.1 Å². The minimum atomic E-state index is 0.0354. The van der Waals surface area contributed by atoms with Gasteiger partial charge in [-0.1, -0.05) is 42.5 Å². The van der Waals surface area contributed by atoms with Gasteiger partial charge in [0.1, 0.15) is 5.52 Å². The fraction of sp³-hybridized carbons (Fsp3) is 0.344. The molecule has 6 heteroatoms. The molecular weight excluding hydrogens is 490 g/mol. The first-order chi connectivity index (χ1) is 18.5. The minimum Gasteiger partial charge on any atom is -0.436 e. The number of nitrogens with one attached hydrogen (secondary N) is 2. The van der Waals surface area contributed by atoms with E-state index in [2.05, 4.69) is 34.9 Å². The number of rotatable bonds is 5. The van der Waals surface area contributed by atoms with Crippen LogP contribution in [0.5, 0.6) is 0 Å². The summed E-state index contributed by atoms with van der Waals surface area (Å²) in [6.07, 6.45) is 8.38. The van der Waals surface area contributed by atoms with Crippen LogP contribution in [0.3, 0.4) is 0 Å². The zero-order valence-corrected chi connectivity index (χ0v) is 22.1. The van der Waals surface area contributed by atoms with Crippen LogP contribution >= 0.6 is 12.2 Å². The Bertz CT molecular complexity index is 1470. The van der Waals surface area contributed by atoms with Crippen molar-refractivity contribution < 1.29 is 9.21 Å². The molecule has 5 nitrogen and oxygen atoms in total. The van der Waals surface area contributed by atoms with Crippen molar-refractivity contribution in [3.8, 4) is 22.6 Å². The molecule has 192 valence electrons. The molecule has 1 amide bonds. The van der Waals surface area contributed by atoms with Gasteiger partial charge in [-0.25, -0.2) is 4.98 Å². The standard InChI is InChI=1S/C32H31N3O2S/c36-29(19-32-16-20-12-21(17-32)14-22(13-20)18-32)35-31(38)33-26-10-11-28-27(15-26)34-30(37-28)25-8-6-24(7-9-25)23-4-2-1-3-5-23/h1-11,15,20-22H,12-14,16-19H2,(H2,33,35,36,38). The maximum atomic E-state index is 12.9. The average Bonchev–Trinajstić information content (AvgIpc) is 3.31. The molecule has 0 spiro atoms. The first-order valence-electron chi connectivity index (χ1n) is 13.7. The highest BCUT2D eigenvalue weighted by molar-refractivity contribution is 7.80.